The van der Waals surface area contributed by atoms with Gasteiger partial charge in [0.2, 0.25) is 0 Å². The summed E-state index contributed by atoms with van der Waals surface area (Å²) in [5, 5.41) is 5.73. The number of hydrogen-bond donors (Lipinski definition) is 0. The smallest absolute Gasteiger partial charge is 0.286 e. The van der Waals surface area contributed by atoms with Gasteiger partial charge in [-0.2, -0.15) is 10.1 Å². The van der Waals surface area contributed by atoms with Gasteiger partial charge >= 0.3 is 0 Å². The second-order valence-electron chi connectivity index (χ2n) is 11.1. The maximum Gasteiger partial charge on any atom is 0.286 e. The molecule has 7 rings (SSSR count). The molecule has 0 atom stereocenters. The Labute approximate surface area is 267 Å². The van der Waals surface area contributed by atoms with Crippen molar-refractivity contribution in [1.29, 1.82) is 0 Å². The van der Waals surface area contributed by atoms with Crippen LogP contribution in [-0.4, -0.2) is 56.8 Å². The van der Waals surface area contributed by atoms with Crippen LogP contribution in [-0.2, 0) is 17.9 Å². The first-order chi connectivity index (χ1) is 22.2. The van der Waals surface area contributed by atoms with Crippen LogP contribution >= 0.6 is 11.8 Å². The number of carbonyl (C=O) groups is 1. The Morgan fingerprint density at radius 2 is 1.40 bits per heavy atom. The summed E-state index contributed by atoms with van der Waals surface area (Å²) in [5.74, 6) is 0.582. The Morgan fingerprint density at radius 3 is 2.09 bits per heavy atom. The van der Waals surface area contributed by atoms with Crippen molar-refractivity contribution in [3.63, 3.8) is 0 Å². The van der Waals surface area contributed by atoms with Gasteiger partial charge in [0, 0.05) is 50.0 Å². The summed E-state index contributed by atoms with van der Waals surface area (Å²) < 4.78 is 7.87. The van der Waals surface area contributed by atoms with Crippen molar-refractivity contribution in [2.45, 2.75) is 13.2 Å². The molecule has 1 amide bonds. The molecule has 7 nitrogen and oxygen atoms in total. The molecule has 5 aromatic rings. The lowest BCUT2D eigenvalue weighted by atomic mass is 10.1. The number of carbonyl (C=O) groups excluding carboxylic acids is 1. The average Bonchev–Trinajstić information content (AvgIpc) is 3.69. The molecule has 1 aromatic heterocycles. The van der Waals surface area contributed by atoms with Gasteiger partial charge in [-0.15, -0.1) is 0 Å². The lowest BCUT2D eigenvalue weighted by Gasteiger charge is -2.35. The summed E-state index contributed by atoms with van der Waals surface area (Å²) in [6.45, 7) is 4.99. The highest BCUT2D eigenvalue weighted by Gasteiger charge is 2.29. The molecule has 0 bridgehead atoms. The number of amidine groups is 1. The second kappa shape index (κ2) is 13.4. The molecule has 1 fully saturated rings. The monoisotopic (exact) mass is 611 g/mol. The summed E-state index contributed by atoms with van der Waals surface area (Å²) in [6.07, 6.45) is 3.91. The Kier molecular flexibility index (Phi) is 8.57. The molecule has 224 valence electrons. The Morgan fingerprint density at radius 1 is 0.756 bits per heavy atom. The quantitative estimate of drug-likeness (QED) is 0.178. The van der Waals surface area contributed by atoms with E-state index in [4.69, 9.17) is 9.84 Å². The molecular weight excluding hydrogens is 579 g/mol. The summed E-state index contributed by atoms with van der Waals surface area (Å²) in [5.41, 5.74) is 5.97. The van der Waals surface area contributed by atoms with Crippen LogP contribution in [0.15, 0.2) is 131 Å². The third kappa shape index (κ3) is 6.93. The van der Waals surface area contributed by atoms with Crippen molar-refractivity contribution in [3.8, 4) is 22.7 Å². The first-order valence-electron chi connectivity index (χ1n) is 15.1. The number of hydrogen-bond acceptors (Lipinski definition) is 6. The number of piperazine rings is 1. The molecule has 8 heteroatoms. The van der Waals surface area contributed by atoms with Crippen LogP contribution in [0.4, 0.5) is 0 Å². The zero-order chi connectivity index (χ0) is 30.4. The topological polar surface area (TPSA) is 63.0 Å². The standard InChI is InChI=1S/C37H33N5O2S/c43-36-34(45-37(38-36)41-22-20-40(21-23-41)25-28-10-4-1-5-11-28)24-31-26-42(32-14-8-3-9-15-32)39-35(31)30-16-18-33(19-17-30)44-27-29-12-6-2-7-13-29/h1-19,24,26H,20-23,25,27H2/b34-24-. The zero-order valence-corrected chi connectivity index (χ0v) is 25.6. The van der Waals surface area contributed by atoms with Gasteiger partial charge in [-0.05, 0) is 65.4 Å². The highest BCUT2D eigenvalue weighted by Crippen LogP contribution is 2.34. The van der Waals surface area contributed by atoms with Crippen LogP contribution in [0.25, 0.3) is 23.0 Å². The summed E-state index contributed by atoms with van der Waals surface area (Å²) in [7, 11) is 0. The molecule has 2 aliphatic heterocycles. The van der Waals surface area contributed by atoms with E-state index in [0.717, 1.165) is 71.7 Å². The third-order valence-corrected chi connectivity index (χ3v) is 8.97. The number of para-hydroxylation sites is 1. The van der Waals surface area contributed by atoms with Crippen molar-refractivity contribution in [2.24, 2.45) is 4.99 Å². The molecule has 45 heavy (non-hydrogen) atoms. The minimum atomic E-state index is -0.204. The van der Waals surface area contributed by atoms with Crippen LogP contribution in [0.3, 0.4) is 0 Å². The number of nitrogens with zero attached hydrogens (tertiary/aromatic N) is 5. The fourth-order valence-electron chi connectivity index (χ4n) is 5.49. The van der Waals surface area contributed by atoms with Gasteiger partial charge in [0.25, 0.3) is 5.91 Å². The van der Waals surface area contributed by atoms with Crippen LogP contribution in [0.5, 0.6) is 5.75 Å². The normalized spacial score (nSPS) is 16.3. The SMILES string of the molecule is O=C1N=C(N2CCN(Cc3ccccc3)CC2)S/C1=C\c1cn(-c2ccccc2)nc1-c1ccc(OCc2ccccc2)cc1. The zero-order valence-electron chi connectivity index (χ0n) is 24.8. The van der Waals surface area contributed by atoms with Gasteiger partial charge in [-0.1, -0.05) is 78.9 Å². The van der Waals surface area contributed by atoms with Gasteiger partial charge in [0.05, 0.1) is 16.3 Å². The lowest BCUT2D eigenvalue weighted by Crippen LogP contribution is -2.47. The molecule has 4 aromatic carbocycles. The molecule has 0 radical (unpaired) electrons. The lowest BCUT2D eigenvalue weighted by molar-refractivity contribution is -0.113. The number of benzene rings is 4. The fourth-order valence-corrected chi connectivity index (χ4v) is 6.45. The van der Waals surface area contributed by atoms with Gasteiger partial charge < -0.3 is 9.64 Å². The van der Waals surface area contributed by atoms with E-state index in [-0.39, 0.29) is 5.91 Å². The van der Waals surface area contributed by atoms with E-state index in [1.807, 2.05) is 108 Å². The van der Waals surface area contributed by atoms with Gasteiger partial charge in [0.15, 0.2) is 5.17 Å². The third-order valence-electron chi connectivity index (χ3n) is 7.93. The van der Waals surface area contributed by atoms with Crippen molar-refractivity contribution in [1.82, 2.24) is 19.6 Å². The number of rotatable bonds is 8. The van der Waals surface area contributed by atoms with Crippen molar-refractivity contribution in [3.05, 3.63) is 143 Å². The van der Waals surface area contributed by atoms with E-state index in [0.29, 0.717) is 11.5 Å². The predicted molar refractivity (Wildman–Crippen MR) is 181 cm³/mol. The second-order valence-corrected chi connectivity index (χ2v) is 12.1. The van der Waals surface area contributed by atoms with E-state index in [1.165, 1.54) is 17.3 Å². The van der Waals surface area contributed by atoms with Crippen molar-refractivity contribution in [2.75, 3.05) is 26.2 Å². The number of thioether (sulfide) groups is 1. The highest BCUT2D eigenvalue weighted by molar-refractivity contribution is 8.18. The average molecular weight is 612 g/mol. The highest BCUT2D eigenvalue weighted by atomic mass is 32.2. The molecule has 0 spiro atoms. The van der Waals surface area contributed by atoms with Crippen molar-refractivity contribution >= 4 is 28.9 Å². The minimum Gasteiger partial charge on any atom is -0.489 e. The number of amides is 1. The molecule has 3 heterocycles. The van der Waals surface area contributed by atoms with Crippen molar-refractivity contribution < 1.29 is 9.53 Å². The van der Waals surface area contributed by atoms with Gasteiger partial charge in [-0.3, -0.25) is 9.69 Å². The molecule has 0 aliphatic carbocycles. The van der Waals surface area contributed by atoms with Gasteiger partial charge in [0.1, 0.15) is 12.4 Å². The van der Waals surface area contributed by atoms with Crippen LogP contribution < -0.4 is 4.74 Å². The van der Waals surface area contributed by atoms with Crippen LogP contribution in [0.1, 0.15) is 16.7 Å². The maximum atomic E-state index is 13.1. The number of ether oxygens (including phenoxy) is 1. The Hall–Kier alpha value is -4.92. The summed E-state index contributed by atoms with van der Waals surface area (Å²) >= 11 is 1.45. The molecule has 0 unspecified atom stereocenters. The Balaban J connectivity index is 1.08. The summed E-state index contributed by atoms with van der Waals surface area (Å²) in [6, 6.07) is 38.6. The molecular formula is C37H33N5O2S. The van der Waals surface area contributed by atoms with Gasteiger partial charge in [-0.25, -0.2) is 4.68 Å². The van der Waals surface area contributed by atoms with E-state index < -0.39 is 0 Å². The van der Waals surface area contributed by atoms with E-state index in [2.05, 4.69) is 39.1 Å². The number of aromatic nitrogens is 2. The minimum absolute atomic E-state index is 0.204. The predicted octanol–water partition coefficient (Wildman–Crippen LogP) is 6.91. The van der Waals surface area contributed by atoms with Crippen LogP contribution in [0, 0.1) is 0 Å². The first-order valence-corrected chi connectivity index (χ1v) is 16.0. The molecule has 0 saturated carbocycles. The largest absolute Gasteiger partial charge is 0.489 e. The molecule has 1 saturated heterocycles. The fraction of sp³-hybridized carbons (Fsp3) is 0.162. The van der Waals surface area contributed by atoms with Crippen LogP contribution in [0.2, 0.25) is 0 Å². The number of aliphatic imine (C=N–C) groups is 1. The van der Waals surface area contributed by atoms with E-state index in [1.54, 1.807) is 0 Å². The summed E-state index contributed by atoms with van der Waals surface area (Å²) in [4.78, 5) is 22.9. The molecule has 2 aliphatic rings. The Bertz CT molecular complexity index is 1810. The van der Waals surface area contributed by atoms with E-state index in [9.17, 15) is 4.79 Å². The first kappa shape index (κ1) is 28.8. The molecule has 0 N–H and O–H groups in total. The maximum absolute atomic E-state index is 13.1. The van der Waals surface area contributed by atoms with E-state index >= 15 is 0 Å².